The molecule has 0 N–H and O–H groups in total. The second-order valence-electron chi connectivity index (χ2n) is 6.74. The third-order valence-corrected chi connectivity index (χ3v) is 4.63. The number of ether oxygens (including phenoxy) is 1. The first-order chi connectivity index (χ1) is 12.7. The zero-order chi connectivity index (χ0) is 18.2. The largest absolute Gasteiger partial charge is 0.367 e. The van der Waals surface area contributed by atoms with Crippen molar-refractivity contribution < 1.29 is 4.74 Å². The zero-order valence-electron chi connectivity index (χ0n) is 15.6. The summed E-state index contributed by atoms with van der Waals surface area (Å²) in [5.74, 6) is 0. The second-order valence-corrected chi connectivity index (χ2v) is 6.74. The molecule has 3 aromatic carbocycles. The van der Waals surface area contributed by atoms with E-state index in [1.807, 2.05) is 6.07 Å². The fourth-order valence-electron chi connectivity index (χ4n) is 3.17. The van der Waals surface area contributed by atoms with Gasteiger partial charge in [-0.05, 0) is 36.2 Å². The fraction of sp³-hybridized carbons (Fsp3) is 0.250. The molecule has 0 amide bonds. The van der Waals surface area contributed by atoms with Crippen LogP contribution in [-0.4, -0.2) is 25.1 Å². The Bertz CT molecular complexity index is 786. The van der Waals surface area contributed by atoms with Gasteiger partial charge in [-0.3, -0.25) is 4.90 Å². The molecule has 0 saturated carbocycles. The molecule has 1 atom stereocenters. The third-order valence-electron chi connectivity index (χ3n) is 4.63. The average molecular weight is 345 g/mol. The summed E-state index contributed by atoms with van der Waals surface area (Å²) in [6.45, 7) is 4.67. The van der Waals surface area contributed by atoms with Crippen LogP contribution in [0.1, 0.15) is 28.4 Å². The second kappa shape index (κ2) is 9.33. The first kappa shape index (κ1) is 18.4. The lowest BCUT2D eigenvalue weighted by Gasteiger charge is -2.23. The van der Waals surface area contributed by atoms with Crippen molar-refractivity contribution in [1.82, 2.24) is 4.90 Å². The van der Waals surface area contributed by atoms with Crippen LogP contribution in [0.15, 0.2) is 84.9 Å². The number of hydrogen-bond acceptors (Lipinski definition) is 2. The van der Waals surface area contributed by atoms with Gasteiger partial charge in [0.05, 0.1) is 6.61 Å². The van der Waals surface area contributed by atoms with Gasteiger partial charge in [0.15, 0.2) is 0 Å². The van der Waals surface area contributed by atoms with Gasteiger partial charge in [0.1, 0.15) is 6.10 Å². The first-order valence-electron chi connectivity index (χ1n) is 9.18. The minimum absolute atomic E-state index is 0.0254. The first-order valence-corrected chi connectivity index (χ1v) is 9.18. The van der Waals surface area contributed by atoms with Crippen molar-refractivity contribution in [2.75, 3.05) is 20.2 Å². The summed E-state index contributed by atoms with van der Waals surface area (Å²) >= 11 is 0. The maximum Gasteiger partial charge on any atom is 0.108 e. The molecule has 26 heavy (non-hydrogen) atoms. The van der Waals surface area contributed by atoms with E-state index in [0.717, 1.165) is 13.1 Å². The molecule has 1 unspecified atom stereocenters. The number of aryl methyl sites for hydroxylation is 1. The molecule has 0 bridgehead atoms. The summed E-state index contributed by atoms with van der Waals surface area (Å²) in [4.78, 5) is 2.30. The van der Waals surface area contributed by atoms with Gasteiger partial charge in [-0.25, -0.2) is 0 Å². The molecule has 0 fully saturated rings. The van der Waals surface area contributed by atoms with Crippen LogP contribution >= 0.6 is 0 Å². The van der Waals surface area contributed by atoms with Crippen LogP contribution in [-0.2, 0) is 11.3 Å². The molecule has 0 saturated heterocycles. The van der Waals surface area contributed by atoms with Gasteiger partial charge in [0.2, 0.25) is 0 Å². The minimum atomic E-state index is -0.0254. The van der Waals surface area contributed by atoms with Crippen molar-refractivity contribution in [1.29, 1.82) is 0 Å². The Morgan fingerprint density at radius 1 is 0.808 bits per heavy atom. The Balaban J connectivity index is 1.64. The molecular formula is C24H27NO. The Morgan fingerprint density at radius 3 is 2.12 bits per heavy atom. The molecular weight excluding hydrogens is 318 g/mol. The van der Waals surface area contributed by atoms with Gasteiger partial charge in [0.25, 0.3) is 0 Å². The highest BCUT2D eigenvalue weighted by atomic mass is 16.5. The highest BCUT2D eigenvalue weighted by Gasteiger charge is 2.16. The van der Waals surface area contributed by atoms with Gasteiger partial charge in [-0.2, -0.15) is 0 Å². The normalized spacial score (nSPS) is 12.3. The van der Waals surface area contributed by atoms with Crippen molar-refractivity contribution in [3.05, 3.63) is 107 Å². The van der Waals surface area contributed by atoms with Crippen LogP contribution in [0.3, 0.4) is 0 Å². The van der Waals surface area contributed by atoms with Crippen molar-refractivity contribution in [3.8, 4) is 0 Å². The van der Waals surface area contributed by atoms with Crippen LogP contribution < -0.4 is 0 Å². The highest BCUT2D eigenvalue weighted by Crippen LogP contribution is 2.28. The topological polar surface area (TPSA) is 12.5 Å². The van der Waals surface area contributed by atoms with Crippen LogP contribution in [0.2, 0.25) is 0 Å². The van der Waals surface area contributed by atoms with E-state index in [-0.39, 0.29) is 6.10 Å². The third kappa shape index (κ3) is 5.04. The van der Waals surface area contributed by atoms with E-state index in [9.17, 15) is 0 Å². The van der Waals surface area contributed by atoms with Crippen molar-refractivity contribution in [2.24, 2.45) is 0 Å². The van der Waals surface area contributed by atoms with Crippen LogP contribution in [0.4, 0.5) is 0 Å². The Kier molecular flexibility index (Phi) is 6.59. The summed E-state index contributed by atoms with van der Waals surface area (Å²) < 4.78 is 6.36. The zero-order valence-corrected chi connectivity index (χ0v) is 15.6. The predicted molar refractivity (Wildman–Crippen MR) is 108 cm³/mol. The summed E-state index contributed by atoms with van der Waals surface area (Å²) in [7, 11) is 2.14. The molecule has 0 spiro atoms. The molecule has 0 radical (unpaired) electrons. The highest BCUT2D eigenvalue weighted by molar-refractivity contribution is 5.35. The molecule has 0 aliphatic heterocycles. The number of likely N-dealkylation sites (N-methyl/N-ethyl adjacent to an activating group) is 1. The van der Waals surface area contributed by atoms with Crippen molar-refractivity contribution >= 4 is 0 Å². The molecule has 3 aromatic rings. The smallest absolute Gasteiger partial charge is 0.108 e. The van der Waals surface area contributed by atoms with Crippen LogP contribution in [0.25, 0.3) is 0 Å². The molecule has 3 rings (SSSR count). The Morgan fingerprint density at radius 2 is 1.42 bits per heavy atom. The average Bonchev–Trinajstić information content (AvgIpc) is 2.68. The maximum atomic E-state index is 6.36. The van der Waals surface area contributed by atoms with E-state index in [4.69, 9.17) is 4.74 Å². The van der Waals surface area contributed by atoms with Crippen molar-refractivity contribution in [3.63, 3.8) is 0 Å². The van der Waals surface area contributed by atoms with E-state index in [2.05, 4.69) is 97.7 Å². The fourth-order valence-corrected chi connectivity index (χ4v) is 3.17. The minimum Gasteiger partial charge on any atom is -0.367 e. The van der Waals surface area contributed by atoms with Crippen LogP contribution in [0.5, 0.6) is 0 Å². The summed E-state index contributed by atoms with van der Waals surface area (Å²) in [5, 5.41) is 0. The summed E-state index contributed by atoms with van der Waals surface area (Å²) in [6.07, 6.45) is -0.0254. The molecule has 2 heteroatoms. The molecule has 0 aliphatic carbocycles. The lowest BCUT2D eigenvalue weighted by Crippen LogP contribution is -2.24. The summed E-state index contributed by atoms with van der Waals surface area (Å²) in [6, 6.07) is 29.5. The van der Waals surface area contributed by atoms with Gasteiger partial charge >= 0.3 is 0 Å². The van der Waals surface area contributed by atoms with E-state index < -0.39 is 0 Å². The molecule has 0 heterocycles. The van der Waals surface area contributed by atoms with Gasteiger partial charge in [-0.1, -0.05) is 84.9 Å². The molecule has 2 nitrogen and oxygen atoms in total. The Labute approximate surface area is 157 Å². The number of rotatable bonds is 8. The Hall–Kier alpha value is -2.42. The number of benzene rings is 3. The quantitative estimate of drug-likeness (QED) is 0.554. The monoisotopic (exact) mass is 345 g/mol. The van der Waals surface area contributed by atoms with Gasteiger partial charge < -0.3 is 4.74 Å². The predicted octanol–water partition coefficient (Wildman–Crippen LogP) is 5.23. The SMILES string of the molecule is Cc1ccccc1C(OCCN(C)Cc1ccccc1)c1ccccc1. The van der Waals surface area contributed by atoms with E-state index >= 15 is 0 Å². The lowest BCUT2D eigenvalue weighted by atomic mass is 9.97. The maximum absolute atomic E-state index is 6.36. The lowest BCUT2D eigenvalue weighted by molar-refractivity contribution is 0.0632. The summed E-state index contributed by atoms with van der Waals surface area (Å²) in [5.41, 5.74) is 5.03. The molecule has 0 aromatic heterocycles. The molecule has 0 aliphatic rings. The standard InChI is InChI=1S/C24H27NO/c1-20-11-9-10-16-23(20)24(22-14-7-4-8-15-22)26-18-17-25(2)19-21-12-5-3-6-13-21/h3-16,24H,17-19H2,1-2H3. The van der Waals surface area contributed by atoms with Crippen molar-refractivity contribution in [2.45, 2.75) is 19.6 Å². The number of nitrogens with zero attached hydrogens (tertiary/aromatic N) is 1. The van der Waals surface area contributed by atoms with E-state index in [0.29, 0.717) is 6.61 Å². The van der Waals surface area contributed by atoms with Crippen LogP contribution in [0, 0.1) is 6.92 Å². The van der Waals surface area contributed by atoms with Gasteiger partial charge in [0, 0.05) is 13.1 Å². The number of hydrogen-bond donors (Lipinski definition) is 0. The molecule has 134 valence electrons. The van der Waals surface area contributed by atoms with E-state index in [1.165, 1.54) is 22.3 Å². The van der Waals surface area contributed by atoms with Gasteiger partial charge in [-0.15, -0.1) is 0 Å². The van der Waals surface area contributed by atoms with E-state index in [1.54, 1.807) is 0 Å².